The third kappa shape index (κ3) is 5.96. The van der Waals surface area contributed by atoms with Crippen LogP contribution in [0.1, 0.15) is 24.5 Å². The Kier molecular flexibility index (Phi) is 6.78. The van der Waals surface area contributed by atoms with Crippen molar-refractivity contribution in [2.24, 2.45) is 0 Å². The first kappa shape index (κ1) is 18.4. The van der Waals surface area contributed by atoms with Gasteiger partial charge in [0.15, 0.2) is 6.61 Å². The minimum absolute atomic E-state index is 0.0434. The first-order valence-corrected chi connectivity index (χ1v) is 8.79. The fourth-order valence-electron chi connectivity index (χ4n) is 2.18. The molecular formula is C19H20INO3. The molecule has 5 heteroatoms. The molecule has 0 aliphatic heterocycles. The van der Waals surface area contributed by atoms with Crippen molar-refractivity contribution >= 4 is 40.0 Å². The van der Waals surface area contributed by atoms with Crippen molar-refractivity contribution in [3.8, 4) is 5.75 Å². The average Bonchev–Trinajstić information content (AvgIpc) is 2.54. The predicted molar refractivity (Wildman–Crippen MR) is 103 cm³/mol. The minimum Gasteiger partial charge on any atom is -0.484 e. The van der Waals surface area contributed by atoms with Gasteiger partial charge in [-0.2, -0.15) is 0 Å². The number of benzene rings is 2. The molecule has 0 spiro atoms. The Morgan fingerprint density at radius 3 is 2.46 bits per heavy atom. The molecule has 0 aromatic heterocycles. The van der Waals surface area contributed by atoms with Gasteiger partial charge in [-0.15, -0.1) is 0 Å². The second-order valence-electron chi connectivity index (χ2n) is 5.64. The molecule has 0 saturated carbocycles. The molecule has 0 saturated heterocycles. The number of ketones is 1. The Labute approximate surface area is 155 Å². The van der Waals surface area contributed by atoms with Crippen molar-refractivity contribution in [1.29, 1.82) is 0 Å². The predicted octanol–water partition coefficient (Wildman–Crippen LogP) is 4.14. The molecule has 0 aliphatic carbocycles. The number of carbonyl (C=O) groups excluding carboxylic acids is 2. The number of Topliss-reactive ketones (excluding diaryl/α,β-unsaturated/α-hetero) is 1. The molecule has 2 aromatic carbocycles. The number of ether oxygens (including phenoxy) is 1. The summed E-state index contributed by atoms with van der Waals surface area (Å²) in [6.07, 6.45) is 1.26. The maximum absolute atomic E-state index is 12.0. The zero-order chi connectivity index (χ0) is 17.5. The fourth-order valence-corrected chi connectivity index (χ4v) is 2.82. The number of anilines is 1. The van der Waals surface area contributed by atoms with Crippen molar-refractivity contribution in [1.82, 2.24) is 0 Å². The monoisotopic (exact) mass is 437 g/mol. The average molecular weight is 437 g/mol. The van der Waals surface area contributed by atoms with Gasteiger partial charge in [0.1, 0.15) is 11.5 Å². The lowest BCUT2D eigenvalue weighted by atomic mass is 10.1. The molecule has 1 amide bonds. The number of amides is 1. The van der Waals surface area contributed by atoms with Crippen molar-refractivity contribution in [3.05, 3.63) is 57.2 Å². The van der Waals surface area contributed by atoms with E-state index >= 15 is 0 Å². The number of carbonyl (C=O) groups is 2. The quantitative estimate of drug-likeness (QED) is 0.663. The summed E-state index contributed by atoms with van der Waals surface area (Å²) in [5.74, 6) is 0.619. The van der Waals surface area contributed by atoms with Crippen LogP contribution in [0.3, 0.4) is 0 Å². The highest BCUT2D eigenvalue weighted by Gasteiger charge is 2.06. The van der Waals surface area contributed by atoms with E-state index in [1.807, 2.05) is 49.4 Å². The molecule has 0 aliphatic rings. The lowest BCUT2D eigenvalue weighted by Crippen LogP contribution is -2.20. The SMILES string of the molecule is CC(=O)CCc1ccc(OCC(=O)Nc2ccc(I)cc2C)cc1. The largest absolute Gasteiger partial charge is 0.484 e. The third-order valence-electron chi connectivity index (χ3n) is 3.52. The summed E-state index contributed by atoms with van der Waals surface area (Å²) >= 11 is 2.24. The van der Waals surface area contributed by atoms with Gasteiger partial charge >= 0.3 is 0 Å². The Balaban J connectivity index is 1.84. The molecule has 0 atom stereocenters. The van der Waals surface area contributed by atoms with Crippen LogP contribution in [0, 0.1) is 10.5 Å². The van der Waals surface area contributed by atoms with E-state index in [2.05, 4.69) is 27.9 Å². The minimum atomic E-state index is -0.194. The maximum Gasteiger partial charge on any atom is 0.262 e. The van der Waals surface area contributed by atoms with Crippen molar-refractivity contribution in [2.75, 3.05) is 11.9 Å². The molecule has 0 radical (unpaired) electrons. The van der Waals surface area contributed by atoms with E-state index in [1.165, 1.54) is 0 Å². The van der Waals surface area contributed by atoms with Gasteiger partial charge in [-0.05, 0) is 84.3 Å². The number of aryl methyl sites for hydroxylation is 2. The molecule has 24 heavy (non-hydrogen) atoms. The fraction of sp³-hybridized carbons (Fsp3) is 0.263. The van der Waals surface area contributed by atoms with E-state index < -0.39 is 0 Å². The Bertz CT molecular complexity index is 726. The summed E-state index contributed by atoms with van der Waals surface area (Å²) in [5, 5.41) is 2.85. The molecule has 0 unspecified atom stereocenters. The van der Waals surface area contributed by atoms with Crippen LogP contribution in [0.15, 0.2) is 42.5 Å². The summed E-state index contributed by atoms with van der Waals surface area (Å²) in [5.41, 5.74) is 2.89. The summed E-state index contributed by atoms with van der Waals surface area (Å²) in [4.78, 5) is 23.0. The zero-order valence-corrected chi connectivity index (χ0v) is 15.9. The van der Waals surface area contributed by atoms with Gasteiger partial charge in [-0.25, -0.2) is 0 Å². The van der Waals surface area contributed by atoms with Crippen molar-refractivity contribution in [3.63, 3.8) is 0 Å². The lowest BCUT2D eigenvalue weighted by molar-refractivity contribution is -0.118. The lowest BCUT2D eigenvalue weighted by Gasteiger charge is -2.10. The second kappa shape index (κ2) is 8.82. The van der Waals surface area contributed by atoms with E-state index in [4.69, 9.17) is 4.74 Å². The Morgan fingerprint density at radius 1 is 1.12 bits per heavy atom. The highest BCUT2D eigenvalue weighted by atomic mass is 127. The number of hydrogen-bond acceptors (Lipinski definition) is 3. The molecule has 1 N–H and O–H groups in total. The van der Waals surface area contributed by atoms with E-state index in [1.54, 1.807) is 6.92 Å². The van der Waals surface area contributed by atoms with Crippen LogP contribution in [0.2, 0.25) is 0 Å². The molecule has 0 bridgehead atoms. The highest BCUT2D eigenvalue weighted by molar-refractivity contribution is 14.1. The van der Waals surface area contributed by atoms with Gasteiger partial charge in [0, 0.05) is 15.7 Å². The molecular weight excluding hydrogens is 417 g/mol. The van der Waals surface area contributed by atoms with Crippen LogP contribution in [0.5, 0.6) is 5.75 Å². The number of nitrogens with one attached hydrogen (secondary N) is 1. The molecule has 2 rings (SSSR count). The first-order valence-electron chi connectivity index (χ1n) is 7.71. The zero-order valence-electron chi connectivity index (χ0n) is 13.8. The Hall–Kier alpha value is -1.89. The van der Waals surface area contributed by atoms with E-state index in [0.29, 0.717) is 12.2 Å². The van der Waals surface area contributed by atoms with E-state index in [-0.39, 0.29) is 18.3 Å². The van der Waals surface area contributed by atoms with E-state index in [9.17, 15) is 9.59 Å². The van der Waals surface area contributed by atoms with Crippen LogP contribution in [0.4, 0.5) is 5.69 Å². The van der Waals surface area contributed by atoms with Crippen LogP contribution >= 0.6 is 22.6 Å². The van der Waals surface area contributed by atoms with Crippen LogP contribution < -0.4 is 10.1 Å². The number of halogens is 1. The Morgan fingerprint density at radius 2 is 1.83 bits per heavy atom. The van der Waals surface area contributed by atoms with Crippen LogP contribution in [-0.4, -0.2) is 18.3 Å². The van der Waals surface area contributed by atoms with Crippen molar-refractivity contribution < 1.29 is 14.3 Å². The van der Waals surface area contributed by atoms with Gasteiger partial charge in [-0.1, -0.05) is 12.1 Å². The van der Waals surface area contributed by atoms with Crippen molar-refractivity contribution in [2.45, 2.75) is 26.7 Å². The van der Waals surface area contributed by atoms with Gasteiger partial charge in [-0.3, -0.25) is 4.79 Å². The normalized spacial score (nSPS) is 10.3. The maximum atomic E-state index is 12.0. The molecule has 4 nitrogen and oxygen atoms in total. The third-order valence-corrected chi connectivity index (χ3v) is 4.19. The van der Waals surface area contributed by atoms with Gasteiger partial charge < -0.3 is 14.8 Å². The molecule has 0 heterocycles. The highest BCUT2D eigenvalue weighted by Crippen LogP contribution is 2.18. The topological polar surface area (TPSA) is 55.4 Å². The number of rotatable bonds is 7. The van der Waals surface area contributed by atoms with Gasteiger partial charge in [0.2, 0.25) is 0 Å². The standard InChI is InChI=1S/C19H20INO3/c1-13-11-16(20)7-10-18(13)21-19(23)12-24-17-8-5-15(6-9-17)4-3-14(2)22/h5-11H,3-4,12H2,1-2H3,(H,21,23). The summed E-state index contributed by atoms with van der Waals surface area (Å²) in [7, 11) is 0. The summed E-state index contributed by atoms with van der Waals surface area (Å²) in [6, 6.07) is 13.3. The van der Waals surface area contributed by atoms with Gasteiger partial charge in [0.25, 0.3) is 5.91 Å². The first-order chi connectivity index (χ1) is 11.4. The number of hydrogen-bond donors (Lipinski definition) is 1. The summed E-state index contributed by atoms with van der Waals surface area (Å²) in [6.45, 7) is 3.50. The van der Waals surface area contributed by atoms with Gasteiger partial charge in [0.05, 0.1) is 0 Å². The molecule has 0 fully saturated rings. The molecule has 126 valence electrons. The second-order valence-corrected chi connectivity index (χ2v) is 6.89. The van der Waals surface area contributed by atoms with Crippen LogP contribution in [0.25, 0.3) is 0 Å². The van der Waals surface area contributed by atoms with Crippen LogP contribution in [-0.2, 0) is 16.0 Å². The smallest absolute Gasteiger partial charge is 0.262 e. The summed E-state index contributed by atoms with van der Waals surface area (Å²) < 4.78 is 6.63. The van der Waals surface area contributed by atoms with E-state index in [0.717, 1.165) is 26.8 Å². The molecule has 2 aromatic rings.